The summed E-state index contributed by atoms with van der Waals surface area (Å²) >= 11 is 5.88. The molecular weight excluding hydrogens is 306 g/mol. The highest BCUT2D eigenvalue weighted by Gasteiger charge is 2.43. The van der Waals surface area contributed by atoms with Gasteiger partial charge >= 0.3 is 12.1 Å². The van der Waals surface area contributed by atoms with Crippen molar-refractivity contribution < 1.29 is 19.4 Å². The van der Waals surface area contributed by atoms with Gasteiger partial charge in [0, 0.05) is 5.02 Å². The number of aliphatic carboxylic acids is 1. The van der Waals surface area contributed by atoms with Crippen LogP contribution in [0, 0.1) is 0 Å². The van der Waals surface area contributed by atoms with Gasteiger partial charge < -0.3 is 9.84 Å². The van der Waals surface area contributed by atoms with Crippen LogP contribution in [0.1, 0.15) is 45.2 Å². The third kappa shape index (κ3) is 3.71. The molecule has 0 radical (unpaired) electrons. The van der Waals surface area contributed by atoms with Gasteiger partial charge in [0.05, 0.1) is 6.04 Å². The zero-order chi connectivity index (χ0) is 16.5. The van der Waals surface area contributed by atoms with Crippen molar-refractivity contribution in [2.75, 3.05) is 0 Å². The van der Waals surface area contributed by atoms with E-state index in [0.717, 1.165) is 5.56 Å². The third-order valence-electron chi connectivity index (χ3n) is 3.53. The van der Waals surface area contributed by atoms with Crippen LogP contribution in [0.25, 0.3) is 0 Å². The number of halogens is 1. The zero-order valence-corrected chi connectivity index (χ0v) is 13.6. The minimum atomic E-state index is -1.01. The highest BCUT2D eigenvalue weighted by Crippen LogP contribution is 2.37. The van der Waals surface area contributed by atoms with E-state index in [-0.39, 0.29) is 6.04 Å². The number of amides is 1. The molecule has 1 aromatic carbocycles. The molecule has 1 fully saturated rings. The molecule has 5 nitrogen and oxygen atoms in total. The molecule has 1 heterocycles. The number of carboxylic acid groups (broad SMARTS) is 1. The van der Waals surface area contributed by atoms with Crippen LogP contribution in [0.15, 0.2) is 24.3 Å². The summed E-state index contributed by atoms with van der Waals surface area (Å²) in [5, 5.41) is 9.97. The minimum absolute atomic E-state index is 0.312. The summed E-state index contributed by atoms with van der Waals surface area (Å²) in [6.07, 6.45) is 0.386. The Morgan fingerprint density at radius 2 is 1.82 bits per heavy atom. The minimum Gasteiger partial charge on any atom is -0.480 e. The molecule has 2 rings (SSSR count). The first-order chi connectivity index (χ1) is 10.2. The Labute approximate surface area is 134 Å². The molecule has 1 N–H and O–H groups in total. The van der Waals surface area contributed by atoms with Crippen LogP contribution < -0.4 is 0 Å². The fourth-order valence-electron chi connectivity index (χ4n) is 2.63. The Hall–Kier alpha value is -1.75. The lowest BCUT2D eigenvalue weighted by Gasteiger charge is -2.31. The van der Waals surface area contributed by atoms with Gasteiger partial charge in [-0.3, -0.25) is 4.90 Å². The molecule has 1 aliphatic rings. The number of hydrogen-bond donors (Lipinski definition) is 1. The molecule has 0 spiro atoms. The average Bonchev–Trinajstić information content (AvgIpc) is 2.82. The first-order valence-electron chi connectivity index (χ1n) is 7.18. The maximum absolute atomic E-state index is 12.4. The van der Waals surface area contributed by atoms with Crippen molar-refractivity contribution >= 4 is 23.7 Å². The summed E-state index contributed by atoms with van der Waals surface area (Å²) in [4.78, 5) is 25.2. The number of carboxylic acids is 1. The number of ether oxygens (including phenoxy) is 1. The zero-order valence-electron chi connectivity index (χ0n) is 12.9. The van der Waals surface area contributed by atoms with Gasteiger partial charge in [0.1, 0.15) is 11.6 Å². The Bertz CT molecular complexity index is 565. The van der Waals surface area contributed by atoms with Crippen molar-refractivity contribution in [2.24, 2.45) is 0 Å². The highest BCUT2D eigenvalue weighted by molar-refractivity contribution is 6.30. The molecule has 120 valence electrons. The van der Waals surface area contributed by atoms with E-state index in [1.54, 1.807) is 32.9 Å². The molecular formula is C16H20ClNO4. The molecule has 1 aliphatic heterocycles. The molecule has 0 bridgehead atoms. The van der Waals surface area contributed by atoms with E-state index < -0.39 is 23.7 Å². The van der Waals surface area contributed by atoms with Crippen molar-refractivity contribution in [3.63, 3.8) is 0 Å². The molecule has 0 aromatic heterocycles. The van der Waals surface area contributed by atoms with Crippen LogP contribution in [0.5, 0.6) is 0 Å². The van der Waals surface area contributed by atoms with Crippen LogP contribution in [0.3, 0.4) is 0 Å². The standard InChI is InChI=1S/C16H20ClNO4/c1-16(2,3)22-15(21)18-12(8-9-13(18)14(19)20)10-4-6-11(17)7-5-10/h4-7,12-13H,8-9H2,1-3H3,(H,19,20)/t12-,13-/m0/s1. The maximum Gasteiger partial charge on any atom is 0.411 e. The fraction of sp³-hybridized carbons (Fsp3) is 0.500. The van der Waals surface area contributed by atoms with Crippen molar-refractivity contribution in [1.29, 1.82) is 0 Å². The summed E-state index contributed by atoms with van der Waals surface area (Å²) in [6.45, 7) is 5.27. The Morgan fingerprint density at radius 3 is 2.32 bits per heavy atom. The van der Waals surface area contributed by atoms with Gasteiger partial charge in [-0.15, -0.1) is 0 Å². The van der Waals surface area contributed by atoms with E-state index in [2.05, 4.69) is 0 Å². The molecule has 22 heavy (non-hydrogen) atoms. The number of carbonyl (C=O) groups is 2. The van der Waals surface area contributed by atoms with Crippen molar-refractivity contribution in [3.8, 4) is 0 Å². The lowest BCUT2D eigenvalue weighted by Crippen LogP contribution is -2.44. The third-order valence-corrected chi connectivity index (χ3v) is 3.78. The Kier molecular flexibility index (Phi) is 4.66. The van der Waals surface area contributed by atoms with Gasteiger partial charge in [-0.25, -0.2) is 9.59 Å². The molecule has 1 aromatic rings. The summed E-state index contributed by atoms with van der Waals surface area (Å²) in [5.74, 6) is -1.01. The topological polar surface area (TPSA) is 66.8 Å². The number of nitrogens with zero attached hydrogens (tertiary/aromatic N) is 1. The lowest BCUT2D eigenvalue weighted by atomic mass is 10.1. The first-order valence-corrected chi connectivity index (χ1v) is 7.56. The van der Waals surface area contributed by atoms with Crippen molar-refractivity contribution in [2.45, 2.75) is 51.3 Å². The molecule has 0 aliphatic carbocycles. The smallest absolute Gasteiger partial charge is 0.411 e. The number of likely N-dealkylation sites (tertiary alicyclic amines) is 1. The second-order valence-corrected chi connectivity index (χ2v) is 6.82. The molecule has 2 atom stereocenters. The summed E-state index contributed by atoms with van der Waals surface area (Å²) in [5.41, 5.74) is 0.187. The number of carbonyl (C=O) groups excluding carboxylic acids is 1. The van der Waals surface area contributed by atoms with Gasteiger partial charge in [0.2, 0.25) is 0 Å². The summed E-state index contributed by atoms with van der Waals surface area (Å²) < 4.78 is 5.38. The van der Waals surface area contributed by atoms with E-state index in [1.165, 1.54) is 4.90 Å². The van der Waals surface area contributed by atoms with Crippen LogP contribution in [0.4, 0.5) is 4.79 Å². The molecule has 1 saturated heterocycles. The van der Waals surface area contributed by atoms with Gasteiger partial charge in [0.25, 0.3) is 0 Å². The first kappa shape index (κ1) is 16.6. The fourth-order valence-corrected chi connectivity index (χ4v) is 2.76. The molecule has 0 unspecified atom stereocenters. The normalized spacial score (nSPS) is 21.7. The van der Waals surface area contributed by atoms with Crippen LogP contribution in [-0.2, 0) is 9.53 Å². The molecule has 0 saturated carbocycles. The molecule has 6 heteroatoms. The van der Waals surface area contributed by atoms with Gasteiger partial charge in [0.15, 0.2) is 0 Å². The van der Waals surface area contributed by atoms with E-state index in [4.69, 9.17) is 16.3 Å². The van der Waals surface area contributed by atoms with Gasteiger partial charge in [-0.05, 0) is 51.3 Å². The quantitative estimate of drug-likeness (QED) is 0.896. The highest BCUT2D eigenvalue weighted by atomic mass is 35.5. The van der Waals surface area contributed by atoms with Gasteiger partial charge in [-0.1, -0.05) is 23.7 Å². The van der Waals surface area contributed by atoms with Gasteiger partial charge in [-0.2, -0.15) is 0 Å². The van der Waals surface area contributed by atoms with Crippen LogP contribution in [0.2, 0.25) is 5.02 Å². The van der Waals surface area contributed by atoms with E-state index in [1.807, 2.05) is 12.1 Å². The van der Waals surface area contributed by atoms with E-state index >= 15 is 0 Å². The average molecular weight is 326 g/mol. The van der Waals surface area contributed by atoms with Crippen LogP contribution in [-0.4, -0.2) is 33.7 Å². The second kappa shape index (κ2) is 6.16. The van der Waals surface area contributed by atoms with Crippen molar-refractivity contribution in [1.82, 2.24) is 4.90 Å². The SMILES string of the molecule is CC(C)(C)OC(=O)N1[C@H](C(=O)O)CC[C@H]1c1ccc(Cl)cc1. The number of rotatable bonds is 2. The summed E-state index contributed by atoms with van der Waals surface area (Å²) in [7, 11) is 0. The number of hydrogen-bond acceptors (Lipinski definition) is 3. The lowest BCUT2D eigenvalue weighted by molar-refractivity contribution is -0.142. The monoisotopic (exact) mass is 325 g/mol. The predicted molar refractivity (Wildman–Crippen MR) is 82.9 cm³/mol. The largest absolute Gasteiger partial charge is 0.480 e. The van der Waals surface area contributed by atoms with Crippen molar-refractivity contribution in [3.05, 3.63) is 34.9 Å². The maximum atomic E-state index is 12.4. The number of benzene rings is 1. The van der Waals surface area contributed by atoms with E-state index in [9.17, 15) is 14.7 Å². The second-order valence-electron chi connectivity index (χ2n) is 6.39. The molecule has 1 amide bonds. The predicted octanol–water partition coefficient (Wildman–Crippen LogP) is 3.87. The Balaban J connectivity index is 2.30. The summed E-state index contributed by atoms with van der Waals surface area (Å²) in [6, 6.07) is 5.92. The Morgan fingerprint density at radius 1 is 1.23 bits per heavy atom. The van der Waals surface area contributed by atoms with Crippen LogP contribution >= 0.6 is 11.6 Å². The van der Waals surface area contributed by atoms with E-state index in [0.29, 0.717) is 17.9 Å².